The Morgan fingerprint density at radius 2 is 2.21 bits per heavy atom. The molecule has 2 atom stereocenters. The summed E-state index contributed by atoms with van der Waals surface area (Å²) in [6, 6.07) is 7.95. The molecule has 1 N–H and O–H groups in total. The minimum absolute atomic E-state index is 0.0386. The Morgan fingerprint density at radius 3 is 2.79 bits per heavy atom. The zero-order valence-corrected chi connectivity index (χ0v) is 15.7. The summed E-state index contributed by atoms with van der Waals surface area (Å²) < 4.78 is 6.08. The van der Waals surface area contributed by atoms with Gasteiger partial charge in [0.1, 0.15) is 5.41 Å². The molecule has 1 amide bonds. The monoisotopic (exact) mass is 397 g/mol. The van der Waals surface area contributed by atoms with E-state index in [1.54, 1.807) is 4.90 Å². The molecule has 2 unspecified atom stereocenters. The maximum Gasteiger partial charge on any atom is 0.313 e. The van der Waals surface area contributed by atoms with Crippen LogP contribution in [-0.4, -0.2) is 48.7 Å². The topological polar surface area (TPSA) is 66.8 Å². The molecule has 0 saturated carbocycles. The molecule has 0 spiro atoms. The van der Waals surface area contributed by atoms with Gasteiger partial charge in [0.05, 0.1) is 6.61 Å². The van der Waals surface area contributed by atoms with Crippen LogP contribution in [0.1, 0.15) is 25.3 Å². The average Bonchev–Trinajstić information content (AvgIpc) is 2.98. The van der Waals surface area contributed by atoms with Crippen molar-refractivity contribution in [3.05, 3.63) is 34.3 Å². The summed E-state index contributed by atoms with van der Waals surface area (Å²) in [6.07, 6.45) is 1.83. The molecule has 0 bridgehead atoms. The lowest BCUT2D eigenvalue weighted by Gasteiger charge is -2.26. The van der Waals surface area contributed by atoms with Crippen LogP contribution in [0, 0.1) is 11.3 Å². The van der Waals surface area contributed by atoms with Crippen LogP contribution in [-0.2, 0) is 20.7 Å². The number of methoxy groups -OCH3 is 1. The van der Waals surface area contributed by atoms with Crippen molar-refractivity contribution in [3.63, 3.8) is 0 Å². The van der Waals surface area contributed by atoms with E-state index in [-0.39, 0.29) is 25.0 Å². The van der Waals surface area contributed by atoms with Gasteiger partial charge in [-0.15, -0.1) is 0 Å². The number of aliphatic carboxylic acids is 1. The van der Waals surface area contributed by atoms with Crippen LogP contribution in [0.3, 0.4) is 0 Å². The van der Waals surface area contributed by atoms with Gasteiger partial charge in [0.2, 0.25) is 5.91 Å². The maximum atomic E-state index is 12.9. The molecule has 0 radical (unpaired) electrons. The van der Waals surface area contributed by atoms with E-state index in [0.29, 0.717) is 19.4 Å². The zero-order valence-electron chi connectivity index (χ0n) is 14.1. The highest BCUT2D eigenvalue weighted by Crippen LogP contribution is 2.33. The summed E-state index contributed by atoms with van der Waals surface area (Å²) in [4.78, 5) is 26.2. The minimum Gasteiger partial charge on any atom is -0.481 e. The average molecular weight is 398 g/mol. The summed E-state index contributed by atoms with van der Waals surface area (Å²) in [5.41, 5.74) is 0.128. The number of nitrogens with zero attached hydrogens (tertiary/aromatic N) is 1. The standard InChI is InChI=1S/C18H24BrNO4/c1-3-14(9-13-5-4-6-15(19)10-13)16(21)20-8-7-18(11-20,12-24-2)17(22)23/h4-6,10,14H,3,7-9,11-12H2,1-2H3,(H,22,23). The molecular weight excluding hydrogens is 374 g/mol. The molecule has 1 aromatic rings. The Morgan fingerprint density at radius 1 is 1.46 bits per heavy atom. The summed E-state index contributed by atoms with van der Waals surface area (Å²) in [5.74, 6) is -0.983. The van der Waals surface area contributed by atoms with Gasteiger partial charge in [-0.05, 0) is 37.0 Å². The second-order valence-corrected chi connectivity index (χ2v) is 7.38. The van der Waals surface area contributed by atoms with Crippen molar-refractivity contribution < 1.29 is 19.4 Å². The number of halogens is 1. The van der Waals surface area contributed by atoms with Crippen molar-refractivity contribution in [2.45, 2.75) is 26.2 Å². The van der Waals surface area contributed by atoms with E-state index < -0.39 is 11.4 Å². The Hall–Kier alpha value is -1.40. The number of carboxylic acids is 1. The van der Waals surface area contributed by atoms with E-state index in [9.17, 15) is 14.7 Å². The van der Waals surface area contributed by atoms with Crippen molar-refractivity contribution in [1.29, 1.82) is 0 Å². The highest BCUT2D eigenvalue weighted by atomic mass is 79.9. The fourth-order valence-corrected chi connectivity index (χ4v) is 3.75. The van der Waals surface area contributed by atoms with Crippen molar-refractivity contribution in [2.24, 2.45) is 11.3 Å². The minimum atomic E-state index is -0.974. The fourth-order valence-electron chi connectivity index (χ4n) is 3.30. The molecule has 5 nitrogen and oxygen atoms in total. The molecule has 1 aliphatic rings. The fraction of sp³-hybridized carbons (Fsp3) is 0.556. The molecule has 1 heterocycles. The van der Waals surface area contributed by atoms with Crippen LogP contribution in [0.5, 0.6) is 0 Å². The van der Waals surface area contributed by atoms with E-state index in [1.165, 1.54) is 7.11 Å². The predicted molar refractivity (Wildman–Crippen MR) is 94.8 cm³/mol. The number of benzene rings is 1. The third-order valence-corrected chi connectivity index (χ3v) is 5.25. The molecule has 0 aliphatic carbocycles. The molecule has 2 rings (SSSR count). The van der Waals surface area contributed by atoms with Gasteiger partial charge in [-0.25, -0.2) is 0 Å². The number of likely N-dealkylation sites (tertiary alicyclic amines) is 1. The van der Waals surface area contributed by atoms with Crippen LogP contribution in [0.4, 0.5) is 0 Å². The van der Waals surface area contributed by atoms with Crippen LogP contribution in [0.2, 0.25) is 0 Å². The quantitative estimate of drug-likeness (QED) is 0.767. The van der Waals surface area contributed by atoms with Gasteiger partial charge in [-0.3, -0.25) is 9.59 Å². The van der Waals surface area contributed by atoms with Gasteiger partial charge >= 0.3 is 5.97 Å². The predicted octanol–water partition coefficient (Wildman–Crippen LogP) is 2.97. The second kappa shape index (κ2) is 8.12. The lowest BCUT2D eigenvalue weighted by atomic mass is 9.88. The first kappa shape index (κ1) is 18.9. The maximum absolute atomic E-state index is 12.9. The largest absolute Gasteiger partial charge is 0.481 e. The van der Waals surface area contributed by atoms with Gasteiger partial charge < -0.3 is 14.7 Å². The van der Waals surface area contributed by atoms with Gasteiger partial charge in [-0.2, -0.15) is 0 Å². The van der Waals surface area contributed by atoms with Crippen molar-refractivity contribution in [1.82, 2.24) is 4.90 Å². The molecular formula is C18H24BrNO4. The third-order valence-electron chi connectivity index (χ3n) is 4.75. The molecule has 0 aromatic heterocycles. The van der Waals surface area contributed by atoms with Crippen LogP contribution >= 0.6 is 15.9 Å². The molecule has 6 heteroatoms. The molecule has 1 aromatic carbocycles. The number of hydrogen-bond acceptors (Lipinski definition) is 3. The smallest absolute Gasteiger partial charge is 0.313 e. The van der Waals surface area contributed by atoms with Crippen molar-refractivity contribution >= 4 is 27.8 Å². The van der Waals surface area contributed by atoms with E-state index >= 15 is 0 Å². The van der Waals surface area contributed by atoms with E-state index in [4.69, 9.17) is 4.74 Å². The number of carbonyl (C=O) groups is 2. The normalized spacial score (nSPS) is 21.7. The van der Waals surface area contributed by atoms with E-state index in [0.717, 1.165) is 16.5 Å². The van der Waals surface area contributed by atoms with Crippen LogP contribution < -0.4 is 0 Å². The van der Waals surface area contributed by atoms with Gasteiger partial charge in [-0.1, -0.05) is 35.0 Å². The van der Waals surface area contributed by atoms with Crippen molar-refractivity contribution in [3.8, 4) is 0 Å². The number of hydrogen-bond donors (Lipinski definition) is 1. The highest BCUT2D eigenvalue weighted by Gasteiger charge is 2.47. The second-order valence-electron chi connectivity index (χ2n) is 6.47. The molecule has 1 fully saturated rings. The number of amides is 1. The Bertz CT molecular complexity index is 606. The summed E-state index contributed by atoms with van der Waals surface area (Å²) in [5, 5.41) is 9.53. The Kier molecular flexibility index (Phi) is 6.40. The third kappa shape index (κ3) is 4.16. The molecule has 1 saturated heterocycles. The number of ether oxygens (including phenoxy) is 1. The Balaban J connectivity index is 2.08. The summed E-state index contributed by atoms with van der Waals surface area (Å²) in [7, 11) is 1.50. The first-order chi connectivity index (χ1) is 11.4. The number of rotatable bonds is 7. The van der Waals surface area contributed by atoms with E-state index in [1.807, 2.05) is 31.2 Å². The first-order valence-corrected chi connectivity index (χ1v) is 8.96. The van der Waals surface area contributed by atoms with Crippen LogP contribution in [0.25, 0.3) is 0 Å². The summed E-state index contributed by atoms with van der Waals surface area (Å²) >= 11 is 3.45. The SMILES string of the molecule is CCC(Cc1cccc(Br)c1)C(=O)N1CCC(COC)(C(=O)O)C1. The number of carboxylic acid groups (broad SMARTS) is 1. The molecule has 24 heavy (non-hydrogen) atoms. The number of carbonyl (C=O) groups excluding carboxylic acids is 1. The molecule has 1 aliphatic heterocycles. The summed E-state index contributed by atoms with van der Waals surface area (Å²) in [6.45, 7) is 2.83. The molecule has 132 valence electrons. The Labute approximate surface area is 151 Å². The highest BCUT2D eigenvalue weighted by molar-refractivity contribution is 9.10. The lowest BCUT2D eigenvalue weighted by Crippen LogP contribution is -2.42. The van der Waals surface area contributed by atoms with Gasteiger partial charge in [0.25, 0.3) is 0 Å². The lowest BCUT2D eigenvalue weighted by molar-refractivity contribution is -0.151. The zero-order chi connectivity index (χ0) is 17.7. The van der Waals surface area contributed by atoms with Gasteiger partial charge in [0.15, 0.2) is 0 Å². The van der Waals surface area contributed by atoms with Crippen molar-refractivity contribution in [2.75, 3.05) is 26.8 Å². The van der Waals surface area contributed by atoms with E-state index in [2.05, 4.69) is 15.9 Å². The van der Waals surface area contributed by atoms with Crippen LogP contribution in [0.15, 0.2) is 28.7 Å². The first-order valence-electron chi connectivity index (χ1n) is 8.17. The van der Waals surface area contributed by atoms with Gasteiger partial charge in [0, 0.05) is 30.6 Å².